The molecule has 2 aromatic carbocycles. The number of ether oxygens (including phenoxy) is 4. The van der Waals surface area contributed by atoms with Crippen molar-refractivity contribution in [3.8, 4) is 23.0 Å². The number of carbonyl (C=O) groups is 3. The van der Waals surface area contributed by atoms with Crippen molar-refractivity contribution in [2.24, 2.45) is 11.1 Å². The highest BCUT2D eigenvalue weighted by molar-refractivity contribution is 5.94. The maximum absolute atomic E-state index is 14.4. The number of hydrogen-bond donors (Lipinski definition) is 3. The van der Waals surface area contributed by atoms with Crippen molar-refractivity contribution in [3.05, 3.63) is 65.1 Å². The molecule has 0 saturated carbocycles. The van der Waals surface area contributed by atoms with Crippen molar-refractivity contribution in [1.82, 2.24) is 15.6 Å². The maximum atomic E-state index is 14.4. The average molecular weight is 709 g/mol. The molecule has 2 amide bonds. The highest BCUT2D eigenvalue weighted by Crippen LogP contribution is 2.46. The Balaban J connectivity index is 1.79. The van der Waals surface area contributed by atoms with Crippen LogP contribution in [0.3, 0.4) is 0 Å². The van der Waals surface area contributed by atoms with Gasteiger partial charge in [0.05, 0.1) is 19.3 Å². The summed E-state index contributed by atoms with van der Waals surface area (Å²) in [4.78, 5) is 41.2. The number of nitrogens with zero attached hydrogens (tertiary/aromatic N) is 1. The third-order valence-corrected chi connectivity index (χ3v) is 8.36. The van der Waals surface area contributed by atoms with Gasteiger partial charge >= 0.3 is 12.7 Å². The molecular formula is C34H40F4N4O8. The number of rotatable bonds is 15. The Morgan fingerprint density at radius 2 is 1.88 bits per heavy atom. The highest BCUT2D eigenvalue weighted by Gasteiger charge is 2.49. The molecule has 1 aromatic heterocycles. The number of morpholine rings is 1. The number of oxazole rings is 1. The fourth-order valence-corrected chi connectivity index (χ4v) is 5.25. The Bertz CT molecular complexity index is 1660. The zero-order chi connectivity index (χ0) is 36.6. The minimum atomic E-state index is -3.19. The van der Waals surface area contributed by atoms with Crippen molar-refractivity contribution in [3.63, 3.8) is 0 Å². The predicted octanol–water partition coefficient (Wildman–Crippen LogP) is 5.61. The second kappa shape index (κ2) is 16.3. The van der Waals surface area contributed by atoms with Gasteiger partial charge in [0.1, 0.15) is 24.0 Å². The number of primary amides is 1. The molecule has 1 aliphatic heterocycles. The van der Waals surface area contributed by atoms with Crippen LogP contribution in [0, 0.1) is 17.0 Å². The number of aldehydes is 1. The number of halogens is 4. The number of nitrogens with one attached hydrogen (secondary N) is 2. The highest BCUT2D eigenvalue weighted by atomic mass is 19.3. The van der Waals surface area contributed by atoms with Gasteiger partial charge in [0, 0.05) is 42.1 Å². The summed E-state index contributed by atoms with van der Waals surface area (Å²) in [7, 11) is 0. The number of unbranched alkanes of at least 4 members (excludes halogenated alkanes) is 1. The van der Waals surface area contributed by atoms with Gasteiger partial charge in [-0.1, -0.05) is 26.8 Å². The van der Waals surface area contributed by atoms with E-state index >= 15 is 0 Å². The average Bonchev–Trinajstić information content (AvgIpc) is 3.50. The molecule has 3 aromatic rings. The lowest BCUT2D eigenvalue weighted by molar-refractivity contribution is -0.108. The SMILES string of the molecule is CC(C)(C)C(C)(OC(N)=O)c1oc(-c2ccc(OC(F)F)c(OC(CCCC=O)C3COCCN3)c2)nc1C(=O)NCc1ccc(F)cc1F. The molecule has 0 radical (unpaired) electrons. The molecule has 1 saturated heterocycles. The smallest absolute Gasteiger partial charge is 0.405 e. The number of hydrogen-bond acceptors (Lipinski definition) is 10. The Morgan fingerprint density at radius 1 is 1.12 bits per heavy atom. The summed E-state index contributed by atoms with van der Waals surface area (Å²) >= 11 is 0. The fraction of sp³-hybridized carbons (Fsp3) is 0.471. The van der Waals surface area contributed by atoms with Crippen LogP contribution in [0.2, 0.25) is 0 Å². The molecule has 12 nitrogen and oxygen atoms in total. The minimum absolute atomic E-state index is 0.0195. The fourth-order valence-electron chi connectivity index (χ4n) is 5.25. The van der Waals surface area contributed by atoms with Crippen molar-refractivity contribution >= 4 is 18.3 Å². The molecule has 1 fully saturated rings. The van der Waals surface area contributed by atoms with E-state index < -0.39 is 47.4 Å². The van der Waals surface area contributed by atoms with E-state index in [1.165, 1.54) is 31.2 Å². The zero-order valence-corrected chi connectivity index (χ0v) is 28.0. The lowest BCUT2D eigenvalue weighted by atomic mass is 9.75. The summed E-state index contributed by atoms with van der Waals surface area (Å²) in [6, 6.07) is 6.43. The standard InChI is InChI=1S/C34H40F4N4O8/c1-33(2,3)34(4,50-32(39)45)28-27(29(44)41-17-20-8-10-21(35)16-22(20)36)42-30(49-28)19-9-11-25(48-31(37)38)26(15-19)47-24(7-5-6-13-43)23-18-46-14-12-40-23/h8-11,13,15-16,23-24,31,40H,5-7,12,14,17-18H2,1-4H3,(H2,39,45)(H,41,44). The normalized spacial score (nSPS) is 16.7. The van der Waals surface area contributed by atoms with Crippen molar-refractivity contribution in [2.45, 2.75) is 77.9 Å². The maximum Gasteiger partial charge on any atom is 0.405 e. The Labute approximate surface area is 286 Å². The number of nitrogens with two attached hydrogens (primary N) is 1. The Hall–Kier alpha value is -4.70. The van der Waals surface area contributed by atoms with Gasteiger partial charge in [0.25, 0.3) is 5.91 Å². The topological polar surface area (TPSA) is 164 Å². The summed E-state index contributed by atoms with van der Waals surface area (Å²) in [6.45, 7) is 4.27. The van der Waals surface area contributed by atoms with Crippen molar-refractivity contribution < 1.29 is 55.3 Å². The lowest BCUT2D eigenvalue weighted by Gasteiger charge is -2.38. The van der Waals surface area contributed by atoms with Crippen LogP contribution in [0.15, 0.2) is 40.8 Å². The van der Waals surface area contributed by atoms with E-state index in [-0.39, 0.29) is 65.6 Å². The monoisotopic (exact) mass is 708 g/mol. The zero-order valence-electron chi connectivity index (χ0n) is 28.0. The van der Waals surface area contributed by atoms with Gasteiger partial charge < -0.3 is 44.5 Å². The van der Waals surface area contributed by atoms with Gasteiger partial charge in [-0.05, 0) is 44.0 Å². The molecule has 0 spiro atoms. The van der Waals surface area contributed by atoms with E-state index in [2.05, 4.69) is 15.6 Å². The molecule has 2 heterocycles. The molecule has 4 N–H and O–H groups in total. The molecular weight excluding hydrogens is 668 g/mol. The first kappa shape index (κ1) is 38.1. The minimum Gasteiger partial charge on any atom is -0.485 e. The molecule has 50 heavy (non-hydrogen) atoms. The van der Waals surface area contributed by atoms with Crippen LogP contribution in [0.4, 0.5) is 22.4 Å². The summed E-state index contributed by atoms with van der Waals surface area (Å²) < 4.78 is 83.0. The van der Waals surface area contributed by atoms with Crippen LogP contribution in [-0.4, -0.2) is 61.8 Å². The largest absolute Gasteiger partial charge is 0.485 e. The quantitative estimate of drug-likeness (QED) is 0.103. The van der Waals surface area contributed by atoms with Gasteiger partial charge in [-0.3, -0.25) is 4.79 Å². The summed E-state index contributed by atoms with van der Waals surface area (Å²) in [5.41, 5.74) is 2.55. The molecule has 0 bridgehead atoms. The molecule has 1 aliphatic rings. The summed E-state index contributed by atoms with van der Waals surface area (Å²) in [5, 5.41) is 5.80. The number of benzene rings is 2. The number of amides is 2. The molecule has 3 atom stereocenters. The van der Waals surface area contributed by atoms with Crippen LogP contribution in [0.5, 0.6) is 11.5 Å². The third-order valence-electron chi connectivity index (χ3n) is 8.36. The number of alkyl halides is 2. The summed E-state index contributed by atoms with van der Waals surface area (Å²) in [5.74, 6) is -3.39. The molecule has 4 rings (SSSR count). The van der Waals surface area contributed by atoms with Crippen LogP contribution in [-0.2, 0) is 26.4 Å². The summed E-state index contributed by atoms with van der Waals surface area (Å²) in [6.07, 6.45) is 0.0361. The van der Waals surface area contributed by atoms with E-state index in [0.29, 0.717) is 32.1 Å². The van der Waals surface area contributed by atoms with E-state index in [4.69, 9.17) is 29.1 Å². The van der Waals surface area contributed by atoms with Crippen LogP contribution >= 0.6 is 0 Å². The first-order valence-electron chi connectivity index (χ1n) is 15.9. The third kappa shape index (κ3) is 9.29. The van der Waals surface area contributed by atoms with Gasteiger partial charge in [0.2, 0.25) is 5.89 Å². The Morgan fingerprint density at radius 3 is 2.50 bits per heavy atom. The second-order valence-electron chi connectivity index (χ2n) is 12.7. The van der Waals surface area contributed by atoms with Crippen LogP contribution in [0.25, 0.3) is 11.5 Å². The second-order valence-corrected chi connectivity index (χ2v) is 12.7. The van der Waals surface area contributed by atoms with E-state index in [1.54, 1.807) is 20.8 Å². The first-order valence-corrected chi connectivity index (χ1v) is 15.9. The van der Waals surface area contributed by atoms with Crippen molar-refractivity contribution in [1.29, 1.82) is 0 Å². The van der Waals surface area contributed by atoms with Gasteiger partial charge in [0.15, 0.2) is 28.6 Å². The number of carbonyl (C=O) groups excluding carboxylic acids is 3. The predicted molar refractivity (Wildman–Crippen MR) is 171 cm³/mol. The van der Waals surface area contributed by atoms with Crippen molar-refractivity contribution in [2.75, 3.05) is 19.8 Å². The molecule has 3 unspecified atom stereocenters. The van der Waals surface area contributed by atoms with E-state index in [9.17, 15) is 31.9 Å². The lowest BCUT2D eigenvalue weighted by Crippen LogP contribution is -2.50. The Kier molecular flexibility index (Phi) is 12.5. The van der Waals surface area contributed by atoms with E-state index in [0.717, 1.165) is 12.4 Å². The van der Waals surface area contributed by atoms with E-state index in [1.807, 2.05) is 0 Å². The van der Waals surface area contributed by atoms with Crippen LogP contribution in [0.1, 0.15) is 68.8 Å². The van der Waals surface area contributed by atoms with Gasteiger partial charge in [-0.15, -0.1) is 0 Å². The molecule has 16 heteroatoms. The number of aromatic nitrogens is 1. The van der Waals surface area contributed by atoms with Crippen LogP contribution < -0.4 is 25.8 Å². The molecule has 0 aliphatic carbocycles. The van der Waals surface area contributed by atoms with Gasteiger partial charge in [-0.2, -0.15) is 8.78 Å². The first-order chi connectivity index (χ1) is 23.6. The van der Waals surface area contributed by atoms with Gasteiger partial charge in [-0.25, -0.2) is 18.6 Å². The molecule has 272 valence electrons.